The Morgan fingerprint density at radius 3 is 2.53 bits per heavy atom. The Bertz CT molecular complexity index is 431. The number of benzene rings is 1. The molecule has 92 valence electrons. The molecule has 1 aromatic rings. The highest BCUT2D eigenvalue weighted by Gasteiger charge is 2.27. The Morgan fingerprint density at radius 1 is 1.29 bits per heavy atom. The average molecular weight is 232 g/mol. The predicted octanol–water partition coefficient (Wildman–Crippen LogP) is 3.68. The van der Waals surface area contributed by atoms with Crippen molar-refractivity contribution < 1.29 is 9.53 Å². The van der Waals surface area contributed by atoms with Gasteiger partial charge in [0.1, 0.15) is 5.75 Å². The van der Waals surface area contributed by atoms with E-state index in [9.17, 15) is 4.79 Å². The van der Waals surface area contributed by atoms with E-state index in [1.54, 1.807) is 0 Å². The summed E-state index contributed by atoms with van der Waals surface area (Å²) in [6.45, 7) is 6.63. The second-order valence-electron chi connectivity index (χ2n) is 4.86. The SMILES string of the molecule is CCOc1cc(C)c(C(=O)C2CCC2)cc1C. The summed E-state index contributed by atoms with van der Waals surface area (Å²) in [4.78, 5) is 12.2. The number of ketones is 1. The third-order valence-electron chi connectivity index (χ3n) is 3.56. The molecule has 0 aliphatic heterocycles. The van der Waals surface area contributed by atoms with Crippen LogP contribution in [0.3, 0.4) is 0 Å². The predicted molar refractivity (Wildman–Crippen MR) is 68.8 cm³/mol. The highest BCUT2D eigenvalue weighted by atomic mass is 16.5. The number of carbonyl (C=O) groups is 1. The Labute approximate surface area is 103 Å². The summed E-state index contributed by atoms with van der Waals surface area (Å²) in [5.41, 5.74) is 2.98. The van der Waals surface area contributed by atoms with Crippen LogP contribution in [0.1, 0.15) is 47.7 Å². The zero-order valence-corrected chi connectivity index (χ0v) is 10.9. The van der Waals surface area contributed by atoms with Gasteiger partial charge in [-0.3, -0.25) is 4.79 Å². The maximum Gasteiger partial charge on any atom is 0.166 e. The fourth-order valence-electron chi connectivity index (χ4n) is 2.26. The molecule has 1 fully saturated rings. The molecule has 1 saturated carbocycles. The van der Waals surface area contributed by atoms with E-state index in [0.717, 1.165) is 35.3 Å². The molecule has 17 heavy (non-hydrogen) atoms. The molecule has 0 atom stereocenters. The van der Waals surface area contributed by atoms with Gasteiger partial charge in [-0.15, -0.1) is 0 Å². The fraction of sp³-hybridized carbons (Fsp3) is 0.533. The number of rotatable bonds is 4. The van der Waals surface area contributed by atoms with Crippen LogP contribution in [-0.4, -0.2) is 12.4 Å². The van der Waals surface area contributed by atoms with Crippen molar-refractivity contribution in [3.05, 3.63) is 28.8 Å². The number of carbonyl (C=O) groups excluding carboxylic acids is 1. The molecule has 1 aromatic carbocycles. The number of Topliss-reactive ketones (excluding diaryl/α,β-unsaturated/α-hetero) is 1. The Morgan fingerprint density at radius 2 is 2.00 bits per heavy atom. The molecule has 0 aromatic heterocycles. The maximum absolute atomic E-state index is 12.2. The van der Waals surface area contributed by atoms with Crippen molar-refractivity contribution >= 4 is 5.78 Å². The largest absolute Gasteiger partial charge is 0.494 e. The molecule has 0 bridgehead atoms. The van der Waals surface area contributed by atoms with Crippen molar-refractivity contribution in [2.75, 3.05) is 6.61 Å². The van der Waals surface area contributed by atoms with Crippen molar-refractivity contribution in [1.82, 2.24) is 0 Å². The molecule has 0 radical (unpaired) electrons. The molecule has 2 heteroatoms. The second kappa shape index (κ2) is 4.91. The number of hydrogen-bond donors (Lipinski definition) is 0. The van der Waals surface area contributed by atoms with E-state index in [0.29, 0.717) is 12.4 Å². The van der Waals surface area contributed by atoms with Crippen LogP contribution >= 0.6 is 0 Å². The fourth-order valence-corrected chi connectivity index (χ4v) is 2.26. The minimum atomic E-state index is 0.269. The van der Waals surface area contributed by atoms with E-state index in [2.05, 4.69) is 0 Å². The van der Waals surface area contributed by atoms with Gasteiger partial charge in [0.15, 0.2) is 5.78 Å². The zero-order chi connectivity index (χ0) is 12.4. The minimum absolute atomic E-state index is 0.269. The van der Waals surface area contributed by atoms with Gasteiger partial charge in [0.2, 0.25) is 0 Å². The smallest absolute Gasteiger partial charge is 0.166 e. The molecule has 0 heterocycles. The third-order valence-corrected chi connectivity index (χ3v) is 3.56. The zero-order valence-electron chi connectivity index (χ0n) is 10.9. The first-order valence-electron chi connectivity index (χ1n) is 6.41. The van der Waals surface area contributed by atoms with Crippen LogP contribution in [-0.2, 0) is 0 Å². The van der Waals surface area contributed by atoms with E-state index in [4.69, 9.17) is 4.74 Å². The Balaban J connectivity index is 2.28. The van der Waals surface area contributed by atoms with Crippen molar-refractivity contribution in [3.63, 3.8) is 0 Å². The minimum Gasteiger partial charge on any atom is -0.494 e. The molecule has 0 saturated heterocycles. The first-order valence-corrected chi connectivity index (χ1v) is 6.41. The average Bonchev–Trinajstić information content (AvgIpc) is 2.20. The lowest BCUT2D eigenvalue weighted by Gasteiger charge is -2.25. The molecule has 0 N–H and O–H groups in total. The van der Waals surface area contributed by atoms with Gasteiger partial charge in [-0.1, -0.05) is 6.42 Å². The lowest BCUT2D eigenvalue weighted by atomic mass is 9.79. The van der Waals surface area contributed by atoms with E-state index >= 15 is 0 Å². The summed E-state index contributed by atoms with van der Waals surface area (Å²) in [5.74, 6) is 1.49. The molecular weight excluding hydrogens is 212 g/mol. The Kier molecular flexibility index (Phi) is 3.51. The summed E-state index contributed by atoms with van der Waals surface area (Å²) in [6.07, 6.45) is 3.32. The molecule has 0 unspecified atom stereocenters. The Hall–Kier alpha value is -1.31. The van der Waals surface area contributed by atoms with Gasteiger partial charge in [0.05, 0.1) is 6.61 Å². The third kappa shape index (κ3) is 2.36. The van der Waals surface area contributed by atoms with E-state index in [-0.39, 0.29) is 5.92 Å². The molecule has 2 rings (SSSR count). The normalized spacial score (nSPS) is 15.5. The van der Waals surface area contributed by atoms with Crippen molar-refractivity contribution in [3.8, 4) is 5.75 Å². The van der Waals surface area contributed by atoms with Crippen LogP contribution in [0.25, 0.3) is 0 Å². The van der Waals surface area contributed by atoms with Crippen LogP contribution in [0.2, 0.25) is 0 Å². The first-order chi connectivity index (χ1) is 8.13. The van der Waals surface area contributed by atoms with Gasteiger partial charge in [-0.25, -0.2) is 0 Å². The van der Waals surface area contributed by atoms with Crippen molar-refractivity contribution in [1.29, 1.82) is 0 Å². The molecule has 1 aliphatic carbocycles. The standard InChI is InChI=1S/C15H20O2/c1-4-17-14-9-10(2)13(8-11(14)3)15(16)12-6-5-7-12/h8-9,12H,4-7H2,1-3H3. The van der Waals surface area contributed by atoms with Gasteiger partial charge in [0, 0.05) is 11.5 Å². The summed E-state index contributed by atoms with van der Waals surface area (Å²) in [6, 6.07) is 3.98. The number of aryl methyl sites for hydroxylation is 2. The molecule has 1 aliphatic rings. The number of ether oxygens (including phenoxy) is 1. The topological polar surface area (TPSA) is 26.3 Å². The van der Waals surface area contributed by atoms with Crippen LogP contribution < -0.4 is 4.74 Å². The second-order valence-corrected chi connectivity index (χ2v) is 4.86. The maximum atomic E-state index is 12.2. The van der Waals surface area contributed by atoms with Gasteiger partial charge < -0.3 is 4.74 Å². The van der Waals surface area contributed by atoms with Gasteiger partial charge in [-0.05, 0) is 56.9 Å². The number of hydrogen-bond acceptors (Lipinski definition) is 2. The molecule has 0 amide bonds. The molecule has 2 nitrogen and oxygen atoms in total. The van der Waals surface area contributed by atoms with E-state index in [1.165, 1.54) is 6.42 Å². The molecule has 0 spiro atoms. The first kappa shape index (κ1) is 12.2. The van der Waals surface area contributed by atoms with Crippen LogP contribution in [0.5, 0.6) is 5.75 Å². The van der Waals surface area contributed by atoms with Crippen LogP contribution in [0, 0.1) is 19.8 Å². The van der Waals surface area contributed by atoms with Crippen LogP contribution in [0.4, 0.5) is 0 Å². The monoisotopic (exact) mass is 232 g/mol. The van der Waals surface area contributed by atoms with Crippen LogP contribution in [0.15, 0.2) is 12.1 Å². The quantitative estimate of drug-likeness (QED) is 0.740. The van der Waals surface area contributed by atoms with E-state index < -0.39 is 0 Å². The summed E-state index contributed by atoms with van der Waals surface area (Å²) < 4.78 is 5.54. The summed E-state index contributed by atoms with van der Waals surface area (Å²) >= 11 is 0. The van der Waals surface area contributed by atoms with Gasteiger partial charge in [0.25, 0.3) is 0 Å². The highest BCUT2D eigenvalue weighted by molar-refractivity contribution is 5.99. The van der Waals surface area contributed by atoms with Gasteiger partial charge in [-0.2, -0.15) is 0 Å². The van der Waals surface area contributed by atoms with E-state index in [1.807, 2.05) is 32.9 Å². The van der Waals surface area contributed by atoms with Crippen molar-refractivity contribution in [2.45, 2.75) is 40.0 Å². The molecular formula is C15H20O2. The lowest BCUT2D eigenvalue weighted by Crippen LogP contribution is -2.22. The van der Waals surface area contributed by atoms with Gasteiger partial charge >= 0.3 is 0 Å². The van der Waals surface area contributed by atoms with Crippen molar-refractivity contribution in [2.24, 2.45) is 5.92 Å². The lowest BCUT2D eigenvalue weighted by molar-refractivity contribution is 0.0854. The summed E-state index contributed by atoms with van der Waals surface area (Å²) in [5, 5.41) is 0. The highest BCUT2D eigenvalue weighted by Crippen LogP contribution is 2.32. The summed E-state index contributed by atoms with van der Waals surface area (Å²) in [7, 11) is 0.